The quantitative estimate of drug-likeness (QED) is 0.525. The van der Waals surface area contributed by atoms with Crippen molar-refractivity contribution >= 4 is 11.0 Å². The Labute approximate surface area is 144 Å². The lowest BCUT2D eigenvalue weighted by molar-refractivity contribution is -0.679. The zero-order chi connectivity index (χ0) is 17.0. The van der Waals surface area contributed by atoms with Crippen LogP contribution in [0.5, 0.6) is 5.75 Å². The molecule has 1 heterocycles. The van der Waals surface area contributed by atoms with Crippen molar-refractivity contribution in [2.75, 3.05) is 6.61 Å². The Hall–Kier alpha value is -2.29. The van der Waals surface area contributed by atoms with Gasteiger partial charge in [0.15, 0.2) is 11.0 Å². The van der Waals surface area contributed by atoms with Crippen molar-refractivity contribution in [3.8, 4) is 5.75 Å². The first-order valence-electron chi connectivity index (χ1n) is 8.70. The van der Waals surface area contributed by atoms with Gasteiger partial charge < -0.3 is 4.74 Å². The van der Waals surface area contributed by atoms with Crippen molar-refractivity contribution in [3.05, 3.63) is 60.4 Å². The molecule has 2 aromatic carbocycles. The van der Waals surface area contributed by atoms with Gasteiger partial charge in [0.05, 0.1) is 19.6 Å². The Morgan fingerprint density at radius 3 is 2.42 bits per heavy atom. The number of H-pyrrole nitrogens is 1. The minimum atomic E-state index is 0.253. The second-order valence-electron chi connectivity index (χ2n) is 7.49. The smallest absolute Gasteiger partial charge is 0.255 e. The highest BCUT2D eigenvalue weighted by atomic mass is 16.5. The summed E-state index contributed by atoms with van der Waals surface area (Å²) in [4.78, 5) is 3.60. The molecular formula is C21H27N2O+. The minimum absolute atomic E-state index is 0.253. The van der Waals surface area contributed by atoms with E-state index in [1.807, 2.05) is 30.3 Å². The summed E-state index contributed by atoms with van der Waals surface area (Å²) in [5, 5.41) is 0. The summed E-state index contributed by atoms with van der Waals surface area (Å²) in [6.07, 6.45) is 2.01. The van der Waals surface area contributed by atoms with E-state index < -0.39 is 0 Å². The summed E-state index contributed by atoms with van der Waals surface area (Å²) in [5.74, 6) is 2.24. The molecule has 126 valence electrons. The van der Waals surface area contributed by atoms with Crippen LogP contribution in [-0.4, -0.2) is 11.6 Å². The maximum Gasteiger partial charge on any atom is 0.255 e. The number of aryl methyl sites for hydroxylation is 1. The highest BCUT2D eigenvalue weighted by Crippen LogP contribution is 2.20. The largest absolute Gasteiger partial charge is 0.493 e. The van der Waals surface area contributed by atoms with Crippen molar-refractivity contribution in [2.24, 2.45) is 5.41 Å². The van der Waals surface area contributed by atoms with Gasteiger partial charge in [-0.25, -0.2) is 9.55 Å². The first-order valence-corrected chi connectivity index (χ1v) is 8.70. The number of imidazole rings is 1. The third-order valence-electron chi connectivity index (χ3n) is 4.04. The zero-order valence-electron chi connectivity index (χ0n) is 14.9. The molecule has 0 saturated carbocycles. The molecule has 0 atom stereocenters. The lowest BCUT2D eigenvalue weighted by Gasteiger charge is -2.15. The van der Waals surface area contributed by atoms with Gasteiger partial charge >= 0.3 is 0 Å². The Bertz CT molecular complexity index is 784. The van der Waals surface area contributed by atoms with E-state index in [0.29, 0.717) is 0 Å². The average molecular weight is 323 g/mol. The van der Waals surface area contributed by atoms with Crippen molar-refractivity contribution in [3.63, 3.8) is 0 Å². The number of nitrogens with one attached hydrogen (secondary N) is 1. The van der Waals surface area contributed by atoms with Gasteiger partial charge in [-0.05, 0) is 29.7 Å². The normalized spacial score (nSPS) is 11.8. The highest BCUT2D eigenvalue weighted by Gasteiger charge is 2.23. The predicted octanol–water partition coefficient (Wildman–Crippen LogP) is 4.51. The van der Waals surface area contributed by atoms with E-state index in [4.69, 9.17) is 4.74 Å². The molecule has 0 fully saturated rings. The number of aromatic amines is 1. The first-order chi connectivity index (χ1) is 11.5. The van der Waals surface area contributed by atoms with E-state index in [9.17, 15) is 0 Å². The minimum Gasteiger partial charge on any atom is -0.493 e. The van der Waals surface area contributed by atoms with Crippen LogP contribution >= 0.6 is 0 Å². The van der Waals surface area contributed by atoms with Crippen LogP contribution in [0.2, 0.25) is 0 Å². The highest BCUT2D eigenvalue weighted by molar-refractivity contribution is 5.71. The Balaban J connectivity index is 1.71. The third-order valence-corrected chi connectivity index (χ3v) is 4.04. The summed E-state index contributed by atoms with van der Waals surface area (Å²) in [6, 6.07) is 18.6. The number of benzene rings is 2. The van der Waals surface area contributed by atoms with E-state index >= 15 is 0 Å². The summed E-state index contributed by atoms with van der Waals surface area (Å²) in [6.45, 7) is 8.53. The summed E-state index contributed by atoms with van der Waals surface area (Å²) in [7, 11) is 0. The molecule has 24 heavy (non-hydrogen) atoms. The van der Waals surface area contributed by atoms with Gasteiger partial charge in [0.1, 0.15) is 5.75 Å². The van der Waals surface area contributed by atoms with Gasteiger partial charge in [-0.1, -0.05) is 51.1 Å². The topological polar surface area (TPSA) is 28.9 Å². The van der Waals surface area contributed by atoms with Crippen LogP contribution in [0.15, 0.2) is 54.6 Å². The van der Waals surface area contributed by atoms with Gasteiger partial charge in [-0.15, -0.1) is 0 Å². The molecule has 3 nitrogen and oxygen atoms in total. The van der Waals surface area contributed by atoms with Crippen LogP contribution in [0, 0.1) is 5.41 Å². The van der Waals surface area contributed by atoms with E-state index in [1.165, 1.54) is 16.9 Å². The molecule has 0 amide bonds. The molecule has 1 N–H and O–H groups in total. The van der Waals surface area contributed by atoms with Gasteiger partial charge in [-0.2, -0.15) is 0 Å². The van der Waals surface area contributed by atoms with Crippen LogP contribution in [-0.2, 0) is 13.0 Å². The second kappa shape index (κ2) is 7.08. The summed E-state index contributed by atoms with van der Waals surface area (Å²) >= 11 is 0. The van der Waals surface area contributed by atoms with Crippen molar-refractivity contribution in [1.29, 1.82) is 0 Å². The number of nitrogens with zero attached hydrogens (tertiary/aromatic N) is 1. The Kier molecular flexibility index (Phi) is 4.89. The number of rotatable bonds is 6. The molecule has 0 aliphatic carbocycles. The lowest BCUT2D eigenvalue weighted by atomic mass is 9.92. The molecule has 3 heteroatoms. The number of aromatic nitrogens is 2. The molecule has 0 bridgehead atoms. The Morgan fingerprint density at radius 1 is 0.958 bits per heavy atom. The van der Waals surface area contributed by atoms with Crippen molar-refractivity contribution in [1.82, 2.24) is 4.98 Å². The molecule has 0 spiro atoms. The van der Waals surface area contributed by atoms with Crippen molar-refractivity contribution in [2.45, 2.75) is 40.2 Å². The van der Waals surface area contributed by atoms with Gasteiger partial charge in [0, 0.05) is 6.42 Å². The van der Waals surface area contributed by atoms with E-state index in [2.05, 4.69) is 54.6 Å². The Morgan fingerprint density at radius 2 is 1.67 bits per heavy atom. The zero-order valence-corrected chi connectivity index (χ0v) is 14.9. The van der Waals surface area contributed by atoms with Crippen LogP contribution < -0.4 is 9.30 Å². The fraction of sp³-hybridized carbons (Fsp3) is 0.381. The second-order valence-corrected chi connectivity index (χ2v) is 7.49. The maximum absolute atomic E-state index is 5.83. The summed E-state index contributed by atoms with van der Waals surface area (Å²) < 4.78 is 8.25. The third kappa shape index (κ3) is 4.16. The van der Waals surface area contributed by atoms with E-state index in [-0.39, 0.29) is 5.41 Å². The number of ether oxygens (including phenoxy) is 1. The van der Waals surface area contributed by atoms with Crippen LogP contribution in [0.25, 0.3) is 11.0 Å². The van der Waals surface area contributed by atoms with E-state index in [1.54, 1.807) is 0 Å². The average Bonchev–Trinajstić information content (AvgIpc) is 2.88. The first kappa shape index (κ1) is 16.6. The molecule has 3 aromatic rings. The molecule has 0 unspecified atom stereocenters. The monoisotopic (exact) mass is 323 g/mol. The van der Waals surface area contributed by atoms with Gasteiger partial charge in [-0.3, -0.25) is 0 Å². The predicted molar refractivity (Wildman–Crippen MR) is 98.2 cm³/mol. The van der Waals surface area contributed by atoms with Gasteiger partial charge in [0.25, 0.3) is 5.82 Å². The standard InChI is InChI=1S/C21H26N2O/c1-21(2,3)16-20-22-18-12-7-8-13-19(18)23(20)14-9-15-24-17-10-5-4-6-11-17/h4-8,10-13H,9,14-16H2,1-3H3/p+1. The molecule has 0 aliphatic rings. The van der Waals surface area contributed by atoms with Crippen LogP contribution in [0.1, 0.15) is 33.0 Å². The number of fused-ring (bicyclic) bond motifs is 1. The number of para-hydroxylation sites is 3. The summed E-state index contributed by atoms with van der Waals surface area (Å²) in [5.41, 5.74) is 2.74. The van der Waals surface area contributed by atoms with Gasteiger partial charge in [0.2, 0.25) is 0 Å². The van der Waals surface area contributed by atoms with E-state index in [0.717, 1.165) is 31.7 Å². The molecule has 0 saturated heterocycles. The lowest BCUT2D eigenvalue weighted by Crippen LogP contribution is -2.39. The van der Waals surface area contributed by atoms with Crippen LogP contribution in [0.4, 0.5) is 0 Å². The maximum atomic E-state index is 5.83. The molecular weight excluding hydrogens is 296 g/mol. The SMILES string of the molecule is CC(C)(C)Cc1[nH]c2ccccc2[n+]1CCCOc1ccccc1. The molecule has 3 rings (SSSR count). The molecule has 0 radical (unpaired) electrons. The fourth-order valence-corrected chi connectivity index (χ4v) is 3.01. The van der Waals surface area contributed by atoms with Crippen molar-refractivity contribution < 1.29 is 9.30 Å². The number of hydrogen-bond donors (Lipinski definition) is 1. The van der Waals surface area contributed by atoms with Crippen LogP contribution in [0.3, 0.4) is 0 Å². The molecule has 1 aromatic heterocycles. The fourth-order valence-electron chi connectivity index (χ4n) is 3.01. The number of hydrogen-bond acceptors (Lipinski definition) is 1. The molecule has 0 aliphatic heterocycles.